The van der Waals surface area contributed by atoms with Crippen molar-refractivity contribution in [3.8, 4) is 5.75 Å². The van der Waals surface area contributed by atoms with Gasteiger partial charge in [-0.25, -0.2) is 4.79 Å². The largest absolute Gasteiger partial charge is 0.494 e. The monoisotopic (exact) mass is 417 g/mol. The maximum atomic E-state index is 12.8. The molecule has 4 atom stereocenters. The fourth-order valence-corrected chi connectivity index (χ4v) is 6.32. The van der Waals surface area contributed by atoms with Gasteiger partial charge in [0.05, 0.1) is 24.7 Å². The first kappa shape index (κ1) is 20.4. The van der Waals surface area contributed by atoms with Gasteiger partial charge in [-0.3, -0.25) is 4.79 Å². The van der Waals surface area contributed by atoms with E-state index in [9.17, 15) is 9.59 Å². The number of amides is 3. The maximum absolute atomic E-state index is 12.8. The number of carbonyl (C=O) groups excluding carboxylic acids is 2. The molecule has 0 unspecified atom stereocenters. The number of ether oxygens (including phenoxy) is 1. The van der Waals surface area contributed by atoms with Crippen LogP contribution in [0.5, 0.6) is 5.75 Å². The van der Waals surface area contributed by atoms with E-state index in [0.29, 0.717) is 18.3 Å². The third-order valence-electron chi connectivity index (χ3n) is 6.22. The number of likely N-dealkylation sites (tertiary alicyclic amines) is 1. The summed E-state index contributed by atoms with van der Waals surface area (Å²) in [6.07, 6.45) is 5.73. The van der Waals surface area contributed by atoms with Crippen LogP contribution in [-0.4, -0.2) is 53.1 Å². The molecule has 158 valence electrons. The van der Waals surface area contributed by atoms with Crippen LogP contribution in [0.4, 0.5) is 4.79 Å². The third-order valence-corrected chi connectivity index (χ3v) is 7.73. The first-order valence-corrected chi connectivity index (χ1v) is 11.9. The highest BCUT2D eigenvalue weighted by atomic mass is 32.2. The molecule has 1 aromatic rings. The van der Waals surface area contributed by atoms with Gasteiger partial charge in [0.15, 0.2) is 0 Å². The van der Waals surface area contributed by atoms with Crippen molar-refractivity contribution in [2.24, 2.45) is 0 Å². The topological polar surface area (TPSA) is 70.7 Å². The Labute approximate surface area is 177 Å². The Morgan fingerprint density at radius 1 is 1.24 bits per heavy atom. The molecule has 3 amide bonds. The molecule has 7 heteroatoms. The van der Waals surface area contributed by atoms with Gasteiger partial charge in [0, 0.05) is 24.0 Å². The van der Waals surface area contributed by atoms with Crippen molar-refractivity contribution in [2.75, 3.05) is 18.9 Å². The van der Waals surface area contributed by atoms with Gasteiger partial charge in [-0.05, 0) is 50.3 Å². The minimum Gasteiger partial charge on any atom is -0.494 e. The van der Waals surface area contributed by atoms with Crippen molar-refractivity contribution in [3.63, 3.8) is 0 Å². The standard InChI is InChI=1S/C22H31N3O3S/c1-2-28-16-11-9-15(10-12-16)18-6-5-13-25(18)20(26)8-4-3-7-19-21-17(14-29-19)23-22(27)24-21/h9-12,17-19,21H,2-8,13-14H2,1H3,(H2,23,24,27)/t17-,18+,19-,21-/m0/s1. The lowest BCUT2D eigenvalue weighted by atomic mass is 10.0. The molecule has 29 heavy (non-hydrogen) atoms. The molecule has 0 spiro atoms. The van der Waals surface area contributed by atoms with Gasteiger partial charge in [0.1, 0.15) is 5.75 Å². The Hall–Kier alpha value is -1.89. The number of hydrogen-bond donors (Lipinski definition) is 2. The van der Waals surface area contributed by atoms with Crippen molar-refractivity contribution in [1.29, 1.82) is 0 Å². The third kappa shape index (κ3) is 4.65. The predicted octanol–water partition coefficient (Wildman–Crippen LogP) is 3.47. The highest BCUT2D eigenvalue weighted by Gasteiger charge is 2.42. The first-order chi connectivity index (χ1) is 14.2. The van der Waals surface area contributed by atoms with E-state index in [-0.39, 0.29) is 30.1 Å². The quantitative estimate of drug-likeness (QED) is 0.502. The molecule has 1 aromatic carbocycles. The minimum absolute atomic E-state index is 0.0326. The number of nitrogens with zero attached hydrogens (tertiary/aromatic N) is 1. The summed E-state index contributed by atoms with van der Waals surface area (Å²) in [6, 6.07) is 8.90. The van der Waals surface area contributed by atoms with Gasteiger partial charge in [0.2, 0.25) is 5.91 Å². The number of carbonyl (C=O) groups is 2. The van der Waals surface area contributed by atoms with E-state index in [2.05, 4.69) is 27.7 Å². The second kappa shape index (κ2) is 9.28. The van der Waals surface area contributed by atoms with Crippen LogP contribution in [0, 0.1) is 0 Å². The number of hydrogen-bond acceptors (Lipinski definition) is 4. The van der Waals surface area contributed by atoms with Gasteiger partial charge < -0.3 is 20.3 Å². The maximum Gasteiger partial charge on any atom is 0.315 e. The van der Waals surface area contributed by atoms with E-state index in [4.69, 9.17) is 4.74 Å². The SMILES string of the molecule is CCOc1ccc([C@H]2CCCN2C(=O)CCCC[C@@H]2SC[C@@H]3NC(=O)N[C@@H]32)cc1. The number of fused-ring (bicyclic) bond motifs is 1. The second-order valence-corrected chi connectivity index (χ2v) is 9.39. The minimum atomic E-state index is -0.0326. The van der Waals surface area contributed by atoms with E-state index in [0.717, 1.165) is 50.2 Å². The van der Waals surface area contributed by atoms with E-state index in [1.165, 1.54) is 5.56 Å². The van der Waals surface area contributed by atoms with Crippen molar-refractivity contribution in [2.45, 2.75) is 68.8 Å². The molecule has 3 heterocycles. The van der Waals surface area contributed by atoms with Crippen molar-refractivity contribution >= 4 is 23.7 Å². The van der Waals surface area contributed by atoms with Gasteiger partial charge >= 0.3 is 6.03 Å². The van der Waals surface area contributed by atoms with Crippen LogP contribution in [0.25, 0.3) is 0 Å². The van der Waals surface area contributed by atoms with Gasteiger partial charge in [-0.15, -0.1) is 0 Å². The molecule has 0 radical (unpaired) electrons. The highest BCUT2D eigenvalue weighted by molar-refractivity contribution is 8.00. The fourth-order valence-electron chi connectivity index (χ4n) is 4.77. The first-order valence-electron chi connectivity index (χ1n) is 10.9. The highest BCUT2D eigenvalue weighted by Crippen LogP contribution is 2.35. The molecule has 3 aliphatic heterocycles. The van der Waals surface area contributed by atoms with Gasteiger partial charge in [-0.1, -0.05) is 18.6 Å². The van der Waals surface area contributed by atoms with Crippen LogP contribution in [0.15, 0.2) is 24.3 Å². The molecular weight excluding hydrogens is 386 g/mol. The Kier molecular flexibility index (Phi) is 6.53. The summed E-state index contributed by atoms with van der Waals surface area (Å²) >= 11 is 1.94. The zero-order valence-corrected chi connectivity index (χ0v) is 17.9. The van der Waals surface area contributed by atoms with Gasteiger partial charge in [0.25, 0.3) is 0 Å². The van der Waals surface area contributed by atoms with Crippen LogP contribution >= 0.6 is 11.8 Å². The van der Waals surface area contributed by atoms with Crippen LogP contribution in [0.3, 0.4) is 0 Å². The number of urea groups is 1. The molecule has 0 saturated carbocycles. The molecule has 4 rings (SSSR count). The summed E-state index contributed by atoms with van der Waals surface area (Å²) in [7, 11) is 0. The van der Waals surface area contributed by atoms with E-state index in [1.807, 2.05) is 30.8 Å². The second-order valence-electron chi connectivity index (χ2n) is 8.11. The molecule has 3 fully saturated rings. The molecular formula is C22H31N3O3S. The number of rotatable bonds is 8. The normalized spacial score (nSPS) is 28.2. The van der Waals surface area contributed by atoms with Crippen molar-refractivity contribution in [1.82, 2.24) is 15.5 Å². The smallest absolute Gasteiger partial charge is 0.315 e. The Morgan fingerprint density at radius 2 is 2.07 bits per heavy atom. The predicted molar refractivity (Wildman–Crippen MR) is 115 cm³/mol. The lowest BCUT2D eigenvalue weighted by Gasteiger charge is -2.25. The zero-order valence-electron chi connectivity index (χ0n) is 17.1. The average molecular weight is 418 g/mol. The Balaban J connectivity index is 1.23. The number of thioether (sulfide) groups is 1. The van der Waals surface area contributed by atoms with Crippen molar-refractivity contribution < 1.29 is 14.3 Å². The molecule has 0 aliphatic carbocycles. The van der Waals surface area contributed by atoms with Crippen LogP contribution in [0.1, 0.15) is 57.1 Å². The molecule has 3 saturated heterocycles. The lowest BCUT2D eigenvalue weighted by molar-refractivity contribution is -0.132. The summed E-state index contributed by atoms with van der Waals surface area (Å²) < 4.78 is 5.53. The summed E-state index contributed by atoms with van der Waals surface area (Å²) in [5.41, 5.74) is 1.21. The Bertz CT molecular complexity index is 727. The summed E-state index contributed by atoms with van der Waals surface area (Å²) in [5.74, 6) is 2.15. The number of unbranched alkanes of at least 4 members (excludes halogenated alkanes) is 1. The van der Waals surface area contributed by atoms with E-state index >= 15 is 0 Å². The van der Waals surface area contributed by atoms with Crippen molar-refractivity contribution in [3.05, 3.63) is 29.8 Å². The number of benzene rings is 1. The summed E-state index contributed by atoms with van der Waals surface area (Å²) in [5, 5.41) is 6.49. The number of nitrogens with one attached hydrogen (secondary N) is 2. The molecule has 3 aliphatic rings. The summed E-state index contributed by atoms with van der Waals surface area (Å²) in [4.78, 5) is 26.4. The van der Waals surface area contributed by atoms with Crippen LogP contribution in [0.2, 0.25) is 0 Å². The van der Waals surface area contributed by atoms with E-state index in [1.54, 1.807) is 0 Å². The Morgan fingerprint density at radius 3 is 2.86 bits per heavy atom. The molecule has 6 nitrogen and oxygen atoms in total. The van der Waals surface area contributed by atoms with Crippen LogP contribution < -0.4 is 15.4 Å². The van der Waals surface area contributed by atoms with Gasteiger partial charge in [-0.2, -0.15) is 11.8 Å². The molecule has 0 aromatic heterocycles. The van der Waals surface area contributed by atoms with E-state index < -0.39 is 0 Å². The molecule has 0 bridgehead atoms. The molecule has 2 N–H and O–H groups in total. The average Bonchev–Trinajstić information content (AvgIpc) is 3.42. The summed E-state index contributed by atoms with van der Waals surface area (Å²) in [6.45, 7) is 3.50. The zero-order chi connectivity index (χ0) is 20.2. The fraction of sp³-hybridized carbons (Fsp3) is 0.636. The van der Waals surface area contributed by atoms with Crippen LogP contribution in [-0.2, 0) is 4.79 Å². The lowest BCUT2D eigenvalue weighted by Crippen LogP contribution is -2.36.